The molecule has 1 fully saturated rings. The van der Waals surface area contributed by atoms with Crippen LogP contribution in [0.4, 0.5) is 5.69 Å². The van der Waals surface area contributed by atoms with E-state index in [2.05, 4.69) is 15.2 Å². The molecule has 1 amide bonds. The third-order valence-corrected chi connectivity index (χ3v) is 6.50. The Kier molecular flexibility index (Phi) is 11.1. The van der Waals surface area contributed by atoms with E-state index >= 15 is 0 Å². The molecular weight excluding hydrogens is 511 g/mol. The SMILES string of the molecule is Cc1nc(-c2cccs2)cc(-c2cccc([N+](=O)[O-])c2)c1C(=O)NCCCN1CCOCC1.Cl.Cl. The summed E-state index contributed by atoms with van der Waals surface area (Å²) in [5.41, 5.74) is 3.02. The number of benzene rings is 1. The Morgan fingerprint density at radius 2 is 1.97 bits per heavy atom. The number of non-ortho nitro benzene ring substituents is 1. The van der Waals surface area contributed by atoms with Crippen LogP contribution < -0.4 is 5.32 Å². The molecule has 4 rings (SSSR count). The minimum absolute atomic E-state index is 0. The van der Waals surface area contributed by atoms with Crippen molar-refractivity contribution in [2.24, 2.45) is 0 Å². The minimum atomic E-state index is -0.427. The highest BCUT2D eigenvalue weighted by atomic mass is 35.5. The Hall–Kier alpha value is -2.56. The number of aryl methyl sites for hydroxylation is 1. The summed E-state index contributed by atoms with van der Waals surface area (Å²) in [5.74, 6) is -0.221. The number of ether oxygens (including phenoxy) is 1. The van der Waals surface area contributed by atoms with Crippen molar-refractivity contribution in [1.82, 2.24) is 15.2 Å². The van der Waals surface area contributed by atoms with Crippen LogP contribution >= 0.6 is 36.2 Å². The molecule has 0 saturated carbocycles. The first kappa shape index (κ1) is 28.7. The molecule has 3 aromatic rings. The molecule has 0 atom stereocenters. The first-order valence-corrected chi connectivity index (χ1v) is 11.8. The fourth-order valence-electron chi connectivity index (χ4n) is 3.94. The zero-order valence-electron chi connectivity index (χ0n) is 19.3. The summed E-state index contributed by atoms with van der Waals surface area (Å²) in [6.07, 6.45) is 0.831. The van der Waals surface area contributed by atoms with Gasteiger partial charge in [0.1, 0.15) is 0 Å². The maximum absolute atomic E-state index is 13.2. The highest BCUT2D eigenvalue weighted by Gasteiger charge is 2.21. The zero-order chi connectivity index (χ0) is 23.2. The second kappa shape index (κ2) is 13.5. The van der Waals surface area contributed by atoms with E-state index in [0.717, 1.165) is 49.8 Å². The molecule has 0 spiro atoms. The van der Waals surface area contributed by atoms with Gasteiger partial charge < -0.3 is 10.1 Å². The Bertz CT molecular complexity index is 1140. The molecule has 3 heterocycles. The molecule has 1 aromatic carbocycles. The summed E-state index contributed by atoms with van der Waals surface area (Å²) in [6, 6.07) is 12.1. The van der Waals surface area contributed by atoms with Crippen LogP contribution in [0.5, 0.6) is 0 Å². The van der Waals surface area contributed by atoms with Crippen LogP contribution in [0.2, 0.25) is 0 Å². The molecular formula is C24H28Cl2N4O4S. The van der Waals surface area contributed by atoms with Gasteiger partial charge in [-0.15, -0.1) is 36.2 Å². The lowest BCUT2D eigenvalue weighted by atomic mass is 9.96. The average Bonchev–Trinajstić information content (AvgIpc) is 3.37. The Morgan fingerprint density at radius 1 is 1.20 bits per heavy atom. The van der Waals surface area contributed by atoms with E-state index in [1.54, 1.807) is 30.4 Å². The minimum Gasteiger partial charge on any atom is -0.379 e. The molecule has 1 N–H and O–H groups in total. The van der Waals surface area contributed by atoms with E-state index in [1.807, 2.05) is 23.6 Å². The molecule has 11 heteroatoms. The predicted molar refractivity (Wildman–Crippen MR) is 143 cm³/mol. The average molecular weight is 539 g/mol. The van der Waals surface area contributed by atoms with Crippen molar-refractivity contribution >= 4 is 47.7 Å². The van der Waals surface area contributed by atoms with Crippen molar-refractivity contribution in [3.8, 4) is 21.7 Å². The standard InChI is InChI=1S/C24H26N4O4S.2ClH/c1-17-23(24(29)25-8-4-9-27-10-12-32-13-11-27)20(16-21(26-17)22-7-3-14-33-22)18-5-2-6-19(15-18)28(30)31;;/h2-3,5-7,14-16H,4,8-13H2,1H3,(H,25,29);2*1H. The molecule has 35 heavy (non-hydrogen) atoms. The van der Waals surface area contributed by atoms with Crippen molar-refractivity contribution in [3.63, 3.8) is 0 Å². The number of halogens is 2. The van der Waals surface area contributed by atoms with Gasteiger partial charge in [0, 0.05) is 31.8 Å². The summed E-state index contributed by atoms with van der Waals surface area (Å²) >= 11 is 1.56. The van der Waals surface area contributed by atoms with Gasteiger partial charge in [-0.1, -0.05) is 18.2 Å². The van der Waals surface area contributed by atoms with Gasteiger partial charge in [0.15, 0.2) is 0 Å². The molecule has 1 aliphatic heterocycles. The van der Waals surface area contributed by atoms with Crippen LogP contribution in [0, 0.1) is 17.0 Å². The number of pyridine rings is 1. The highest BCUT2D eigenvalue weighted by molar-refractivity contribution is 7.13. The summed E-state index contributed by atoms with van der Waals surface area (Å²) in [4.78, 5) is 32.1. The number of aromatic nitrogens is 1. The number of amides is 1. The summed E-state index contributed by atoms with van der Waals surface area (Å²) in [6.45, 7) is 6.57. The van der Waals surface area contributed by atoms with Crippen LogP contribution in [0.1, 0.15) is 22.5 Å². The van der Waals surface area contributed by atoms with Gasteiger partial charge >= 0.3 is 0 Å². The van der Waals surface area contributed by atoms with Gasteiger partial charge in [0.25, 0.3) is 11.6 Å². The molecule has 0 radical (unpaired) electrons. The highest BCUT2D eigenvalue weighted by Crippen LogP contribution is 2.33. The molecule has 1 aliphatic rings. The van der Waals surface area contributed by atoms with Crippen LogP contribution in [-0.2, 0) is 4.74 Å². The smallest absolute Gasteiger partial charge is 0.270 e. The number of thiophene rings is 1. The number of nitrogens with zero attached hydrogens (tertiary/aromatic N) is 3. The first-order chi connectivity index (χ1) is 16.0. The predicted octanol–water partition coefficient (Wildman–Crippen LogP) is 4.99. The number of rotatable bonds is 8. The van der Waals surface area contributed by atoms with Gasteiger partial charge in [-0.3, -0.25) is 24.8 Å². The molecule has 0 unspecified atom stereocenters. The molecule has 1 saturated heterocycles. The number of carbonyl (C=O) groups is 1. The van der Waals surface area contributed by atoms with E-state index in [-0.39, 0.29) is 36.4 Å². The van der Waals surface area contributed by atoms with Crippen LogP contribution in [0.3, 0.4) is 0 Å². The number of nitro benzene ring substituents is 1. The molecule has 2 aromatic heterocycles. The lowest BCUT2D eigenvalue weighted by Gasteiger charge is -2.26. The van der Waals surface area contributed by atoms with Gasteiger partial charge in [-0.2, -0.15) is 0 Å². The van der Waals surface area contributed by atoms with E-state index in [1.165, 1.54) is 12.1 Å². The van der Waals surface area contributed by atoms with Crippen molar-refractivity contribution in [2.45, 2.75) is 13.3 Å². The number of hydrogen-bond donors (Lipinski definition) is 1. The summed E-state index contributed by atoms with van der Waals surface area (Å²) in [7, 11) is 0. The first-order valence-electron chi connectivity index (χ1n) is 10.9. The number of nitro groups is 1. The third kappa shape index (κ3) is 7.22. The van der Waals surface area contributed by atoms with Crippen LogP contribution in [0.15, 0.2) is 47.8 Å². The third-order valence-electron chi connectivity index (χ3n) is 5.61. The van der Waals surface area contributed by atoms with Gasteiger partial charge in [0.2, 0.25) is 0 Å². The van der Waals surface area contributed by atoms with E-state index in [4.69, 9.17) is 4.74 Å². The second-order valence-electron chi connectivity index (χ2n) is 7.86. The number of carbonyl (C=O) groups excluding carboxylic acids is 1. The Morgan fingerprint density at radius 3 is 2.66 bits per heavy atom. The fraction of sp³-hybridized carbons (Fsp3) is 0.333. The number of nitrogens with one attached hydrogen (secondary N) is 1. The van der Waals surface area contributed by atoms with Crippen molar-refractivity contribution < 1.29 is 14.5 Å². The van der Waals surface area contributed by atoms with E-state index < -0.39 is 4.92 Å². The van der Waals surface area contributed by atoms with Crippen molar-refractivity contribution in [1.29, 1.82) is 0 Å². The van der Waals surface area contributed by atoms with Crippen LogP contribution in [-0.4, -0.2) is 60.1 Å². The second-order valence-corrected chi connectivity index (χ2v) is 8.81. The molecule has 8 nitrogen and oxygen atoms in total. The lowest BCUT2D eigenvalue weighted by Crippen LogP contribution is -2.38. The van der Waals surface area contributed by atoms with Crippen LogP contribution in [0.25, 0.3) is 21.7 Å². The lowest BCUT2D eigenvalue weighted by molar-refractivity contribution is -0.384. The quantitative estimate of drug-likeness (QED) is 0.246. The summed E-state index contributed by atoms with van der Waals surface area (Å²) in [5, 5.41) is 16.3. The topological polar surface area (TPSA) is 97.6 Å². The van der Waals surface area contributed by atoms with E-state index in [0.29, 0.717) is 28.9 Å². The molecule has 188 valence electrons. The van der Waals surface area contributed by atoms with Gasteiger partial charge in [-0.05, 0) is 48.5 Å². The van der Waals surface area contributed by atoms with Gasteiger partial charge in [-0.25, -0.2) is 0 Å². The fourth-order valence-corrected chi connectivity index (χ4v) is 4.63. The Balaban J connectivity index is 0.00000216. The largest absolute Gasteiger partial charge is 0.379 e. The maximum Gasteiger partial charge on any atom is 0.270 e. The monoisotopic (exact) mass is 538 g/mol. The summed E-state index contributed by atoms with van der Waals surface area (Å²) < 4.78 is 5.37. The normalized spacial score (nSPS) is 13.4. The van der Waals surface area contributed by atoms with E-state index in [9.17, 15) is 14.9 Å². The Labute approximate surface area is 220 Å². The molecule has 0 aliphatic carbocycles. The van der Waals surface area contributed by atoms with Crippen molar-refractivity contribution in [2.75, 3.05) is 39.4 Å². The maximum atomic E-state index is 13.2. The number of morpholine rings is 1. The van der Waals surface area contributed by atoms with Gasteiger partial charge in [0.05, 0.1) is 40.0 Å². The van der Waals surface area contributed by atoms with Crippen molar-refractivity contribution in [3.05, 3.63) is 69.2 Å². The molecule has 0 bridgehead atoms. The number of hydrogen-bond acceptors (Lipinski definition) is 7. The zero-order valence-corrected chi connectivity index (χ0v) is 21.7.